The first kappa shape index (κ1) is 28.5. The molecule has 8 heteroatoms. The van der Waals surface area contributed by atoms with E-state index in [0.29, 0.717) is 47.3 Å². The maximum atomic E-state index is 10.9. The Hall–Kier alpha value is -5.11. The van der Waals surface area contributed by atoms with Gasteiger partial charge in [0.15, 0.2) is 29.3 Å². The minimum Gasteiger partial charge on any atom is -0.492 e. The van der Waals surface area contributed by atoms with Crippen LogP contribution in [0.15, 0.2) is 103 Å². The van der Waals surface area contributed by atoms with E-state index in [-0.39, 0.29) is 0 Å². The average molecular weight is 528 g/mol. The van der Waals surface area contributed by atoms with Gasteiger partial charge in [-0.2, -0.15) is 0 Å². The molecule has 0 fully saturated rings. The van der Waals surface area contributed by atoms with E-state index in [1.165, 1.54) is 20.3 Å². The number of carbonyl (C=O) groups is 1. The standard InChI is InChI=1S/C16H15NO4.C15H14O3/c1-20-16-14(10-11-17(18)19)8-5-9-15(16)21-12-13-6-3-2-4-7-13;1-17-15-13(10-16)8-5-9-14(15)18-11-12-6-3-2-4-7-12/h2-11H,12H2,1H3;2-10H,11H2,1H3/b11-10+;. The predicted octanol–water partition coefficient (Wildman–Crippen LogP) is 6.61. The maximum absolute atomic E-state index is 10.9. The molecule has 0 atom stereocenters. The van der Waals surface area contributed by atoms with E-state index in [1.54, 1.807) is 36.4 Å². The van der Waals surface area contributed by atoms with Gasteiger partial charge >= 0.3 is 0 Å². The van der Waals surface area contributed by atoms with Crippen LogP contribution in [0.3, 0.4) is 0 Å². The third kappa shape index (κ3) is 8.75. The largest absolute Gasteiger partial charge is 0.492 e. The molecule has 200 valence electrons. The number of hydrogen-bond acceptors (Lipinski definition) is 7. The first-order valence-corrected chi connectivity index (χ1v) is 12.0. The smallest absolute Gasteiger partial charge is 0.235 e. The predicted molar refractivity (Wildman–Crippen MR) is 149 cm³/mol. The van der Waals surface area contributed by atoms with Gasteiger partial charge in [-0.25, -0.2) is 0 Å². The minimum absolute atomic E-state index is 0.402. The molecule has 39 heavy (non-hydrogen) atoms. The highest BCUT2D eigenvalue weighted by Crippen LogP contribution is 2.33. The van der Waals surface area contributed by atoms with Crippen molar-refractivity contribution in [3.63, 3.8) is 0 Å². The Morgan fingerprint density at radius 3 is 1.56 bits per heavy atom. The van der Waals surface area contributed by atoms with Crippen LogP contribution in [0.1, 0.15) is 27.0 Å². The molecule has 0 bridgehead atoms. The Labute approximate surface area is 227 Å². The fourth-order valence-electron chi connectivity index (χ4n) is 3.57. The third-order valence-corrected chi connectivity index (χ3v) is 5.40. The molecule has 0 radical (unpaired) electrons. The van der Waals surface area contributed by atoms with Gasteiger partial charge in [0.25, 0.3) is 0 Å². The summed E-state index contributed by atoms with van der Waals surface area (Å²) in [6.07, 6.45) is 3.02. The van der Waals surface area contributed by atoms with Crippen LogP contribution in [0.2, 0.25) is 0 Å². The minimum atomic E-state index is -0.517. The van der Waals surface area contributed by atoms with Crippen LogP contribution in [0.4, 0.5) is 0 Å². The highest BCUT2D eigenvalue weighted by molar-refractivity contribution is 5.81. The number of carbonyl (C=O) groups excluding carboxylic acids is 1. The van der Waals surface area contributed by atoms with Gasteiger partial charge in [0.1, 0.15) is 13.2 Å². The quantitative estimate of drug-likeness (QED) is 0.123. The lowest BCUT2D eigenvalue weighted by Gasteiger charge is -2.12. The Bertz CT molecular complexity index is 1370. The molecular formula is C31H29NO7. The molecule has 0 unspecified atom stereocenters. The number of hydrogen-bond donors (Lipinski definition) is 0. The average Bonchev–Trinajstić information content (AvgIpc) is 2.98. The third-order valence-electron chi connectivity index (χ3n) is 5.40. The highest BCUT2D eigenvalue weighted by atomic mass is 16.6. The normalized spacial score (nSPS) is 10.2. The van der Waals surface area contributed by atoms with Crippen molar-refractivity contribution >= 4 is 12.4 Å². The maximum Gasteiger partial charge on any atom is 0.235 e. The van der Waals surface area contributed by atoms with E-state index in [9.17, 15) is 14.9 Å². The summed E-state index contributed by atoms with van der Waals surface area (Å²) in [6, 6.07) is 30.1. The molecule has 8 nitrogen and oxygen atoms in total. The van der Waals surface area contributed by atoms with Crippen molar-refractivity contribution in [2.24, 2.45) is 0 Å². The topological polar surface area (TPSA) is 97.1 Å². The molecule has 0 aliphatic rings. The van der Waals surface area contributed by atoms with Gasteiger partial charge in [-0.3, -0.25) is 14.9 Å². The second-order valence-electron chi connectivity index (χ2n) is 8.02. The number of nitrogens with zero attached hydrogens (tertiary/aromatic N) is 1. The highest BCUT2D eigenvalue weighted by Gasteiger charge is 2.10. The van der Waals surface area contributed by atoms with Crippen molar-refractivity contribution < 1.29 is 28.7 Å². The van der Waals surface area contributed by atoms with Gasteiger partial charge in [-0.15, -0.1) is 0 Å². The number of methoxy groups -OCH3 is 2. The van der Waals surface area contributed by atoms with Crippen molar-refractivity contribution in [1.82, 2.24) is 0 Å². The Morgan fingerprint density at radius 2 is 1.13 bits per heavy atom. The van der Waals surface area contributed by atoms with Crippen molar-refractivity contribution in [3.8, 4) is 23.0 Å². The number of aldehydes is 1. The first-order valence-electron chi connectivity index (χ1n) is 12.0. The van der Waals surface area contributed by atoms with Crippen LogP contribution >= 0.6 is 0 Å². The lowest BCUT2D eigenvalue weighted by Crippen LogP contribution is -1.99. The van der Waals surface area contributed by atoms with Crippen LogP contribution in [0.5, 0.6) is 23.0 Å². The molecule has 0 aliphatic heterocycles. The zero-order chi connectivity index (χ0) is 27.9. The van der Waals surface area contributed by atoms with Gasteiger partial charge < -0.3 is 18.9 Å². The second kappa shape index (κ2) is 15.2. The van der Waals surface area contributed by atoms with Crippen molar-refractivity contribution in [1.29, 1.82) is 0 Å². The Balaban J connectivity index is 0.000000218. The molecule has 4 aromatic rings. The Morgan fingerprint density at radius 1 is 0.667 bits per heavy atom. The summed E-state index contributed by atoms with van der Waals surface area (Å²) in [7, 11) is 3.03. The monoisotopic (exact) mass is 527 g/mol. The zero-order valence-electron chi connectivity index (χ0n) is 21.7. The molecule has 0 N–H and O–H groups in total. The van der Waals surface area contributed by atoms with Gasteiger partial charge in [-0.1, -0.05) is 78.9 Å². The van der Waals surface area contributed by atoms with Crippen LogP contribution in [0, 0.1) is 10.1 Å². The molecule has 0 saturated carbocycles. The molecular weight excluding hydrogens is 498 g/mol. The van der Waals surface area contributed by atoms with Crippen LogP contribution < -0.4 is 18.9 Å². The van der Waals surface area contributed by atoms with E-state index < -0.39 is 4.92 Å². The van der Waals surface area contributed by atoms with Crippen molar-refractivity contribution in [2.45, 2.75) is 13.2 Å². The van der Waals surface area contributed by atoms with Crippen molar-refractivity contribution in [2.75, 3.05) is 14.2 Å². The zero-order valence-corrected chi connectivity index (χ0v) is 21.7. The first-order chi connectivity index (χ1) is 19.0. The van der Waals surface area contributed by atoms with Crippen LogP contribution in [-0.2, 0) is 13.2 Å². The lowest BCUT2D eigenvalue weighted by atomic mass is 10.2. The lowest BCUT2D eigenvalue weighted by molar-refractivity contribution is -0.400. The SMILES string of the molecule is COc1c(/C=C/[N+](=O)[O-])cccc1OCc1ccccc1.COc1c(C=O)cccc1OCc1ccccc1. The molecule has 0 spiro atoms. The molecule has 4 rings (SSSR count). The van der Waals surface area contributed by atoms with E-state index >= 15 is 0 Å². The van der Waals surface area contributed by atoms with Crippen molar-refractivity contribution in [3.05, 3.63) is 136 Å². The fourth-order valence-corrected chi connectivity index (χ4v) is 3.57. The molecule has 0 aromatic heterocycles. The van der Waals surface area contributed by atoms with Gasteiger partial charge in [0.2, 0.25) is 6.20 Å². The summed E-state index contributed by atoms with van der Waals surface area (Å²) in [4.78, 5) is 20.8. The number of rotatable bonds is 11. The number of benzene rings is 4. The van der Waals surface area contributed by atoms with E-state index in [4.69, 9.17) is 18.9 Å². The van der Waals surface area contributed by atoms with E-state index in [2.05, 4.69) is 0 Å². The van der Waals surface area contributed by atoms with Gasteiger partial charge in [0, 0.05) is 11.6 Å². The van der Waals surface area contributed by atoms with E-state index in [1.807, 2.05) is 60.7 Å². The van der Waals surface area contributed by atoms with Gasteiger partial charge in [-0.05, 0) is 29.3 Å². The number of ether oxygens (including phenoxy) is 4. The summed E-state index contributed by atoms with van der Waals surface area (Å²) < 4.78 is 21.9. The van der Waals surface area contributed by atoms with E-state index in [0.717, 1.165) is 23.6 Å². The Kier molecular flexibility index (Phi) is 11.1. The number of para-hydroxylation sites is 2. The molecule has 0 amide bonds. The second-order valence-corrected chi connectivity index (χ2v) is 8.02. The summed E-state index contributed by atoms with van der Waals surface area (Å²) in [6.45, 7) is 0.846. The molecule has 0 saturated heterocycles. The number of nitro groups is 1. The van der Waals surface area contributed by atoms with Crippen LogP contribution in [0.25, 0.3) is 6.08 Å². The summed E-state index contributed by atoms with van der Waals surface area (Å²) in [5, 5.41) is 10.4. The summed E-state index contributed by atoms with van der Waals surface area (Å²) in [5.41, 5.74) is 3.18. The molecule has 0 aliphatic carbocycles. The molecule has 0 heterocycles. The molecule has 4 aromatic carbocycles. The fraction of sp³-hybridized carbons (Fsp3) is 0.129. The van der Waals surface area contributed by atoms with Gasteiger partial charge in [0.05, 0.1) is 24.7 Å². The summed E-state index contributed by atoms with van der Waals surface area (Å²) in [5.74, 6) is 2.08. The van der Waals surface area contributed by atoms with Crippen LogP contribution in [-0.4, -0.2) is 25.4 Å². The summed E-state index contributed by atoms with van der Waals surface area (Å²) >= 11 is 0.